The fraction of sp³-hybridized carbons (Fsp3) is 0.118. The van der Waals surface area contributed by atoms with Gasteiger partial charge in [-0.25, -0.2) is 0 Å². The van der Waals surface area contributed by atoms with E-state index in [9.17, 15) is 4.79 Å². The Balaban J connectivity index is 2.61. The number of carbonyl (C=O) groups is 1. The minimum absolute atomic E-state index is 0.122. The third-order valence-corrected chi connectivity index (χ3v) is 3.11. The Morgan fingerprint density at radius 2 is 1.37 bits per heavy atom. The van der Waals surface area contributed by atoms with Crippen LogP contribution in [0.5, 0.6) is 0 Å². The van der Waals surface area contributed by atoms with Crippen molar-refractivity contribution in [1.29, 1.82) is 0 Å². The zero-order chi connectivity index (χ0) is 13.8. The van der Waals surface area contributed by atoms with Crippen molar-refractivity contribution in [3.05, 3.63) is 72.3 Å². The van der Waals surface area contributed by atoms with Crippen LogP contribution >= 0.6 is 0 Å². The predicted octanol–water partition coefficient (Wildman–Crippen LogP) is 4.15. The van der Waals surface area contributed by atoms with Gasteiger partial charge in [0.25, 0.3) is 5.91 Å². The van der Waals surface area contributed by atoms with Crippen LogP contribution in [0.15, 0.2) is 61.2 Å². The average molecular weight is 251 g/mol. The van der Waals surface area contributed by atoms with Crippen molar-refractivity contribution in [2.45, 2.75) is 13.8 Å². The van der Waals surface area contributed by atoms with Crippen LogP contribution in [-0.4, -0.2) is 5.91 Å². The molecule has 0 aromatic heterocycles. The van der Waals surface area contributed by atoms with Gasteiger partial charge >= 0.3 is 0 Å². The molecule has 0 bridgehead atoms. The Hall–Kier alpha value is -2.35. The third kappa shape index (κ3) is 2.58. The maximum Gasteiger partial charge on any atom is 0.254 e. The second kappa shape index (κ2) is 5.53. The molecule has 0 unspecified atom stereocenters. The van der Waals surface area contributed by atoms with Crippen LogP contribution in [0.25, 0.3) is 0 Å². The van der Waals surface area contributed by atoms with Gasteiger partial charge < -0.3 is 0 Å². The van der Waals surface area contributed by atoms with Crippen LogP contribution in [0.2, 0.25) is 0 Å². The molecule has 0 aliphatic carbocycles. The smallest absolute Gasteiger partial charge is 0.254 e. The Kier molecular flexibility index (Phi) is 3.81. The first kappa shape index (κ1) is 13.1. The maximum atomic E-state index is 12.2. The summed E-state index contributed by atoms with van der Waals surface area (Å²) in [6.45, 7) is 7.59. The van der Waals surface area contributed by atoms with Crippen LogP contribution in [-0.2, 0) is 4.79 Å². The summed E-state index contributed by atoms with van der Waals surface area (Å²) in [5.41, 5.74) is 3.89. The zero-order valence-electron chi connectivity index (χ0n) is 11.3. The molecule has 19 heavy (non-hydrogen) atoms. The Morgan fingerprint density at radius 1 is 0.947 bits per heavy atom. The van der Waals surface area contributed by atoms with E-state index in [1.807, 2.05) is 62.4 Å². The van der Waals surface area contributed by atoms with Gasteiger partial charge in [0.1, 0.15) is 0 Å². The third-order valence-electron chi connectivity index (χ3n) is 3.11. The summed E-state index contributed by atoms with van der Waals surface area (Å²) in [5.74, 6) is -0.122. The zero-order valence-corrected chi connectivity index (χ0v) is 11.3. The molecule has 0 spiro atoms. The fourth-order valence-electron chi connectivity index (χ4n) is 2.09. The van der Waals surface area contributed by atoms with Crippen LogP contribution < -0.4 is 4.90 Å². The number of carbonyl (C=O) groups excluding carboxylic acids is 1. The quantitative estimate of drug-likeness (QED) is 0.750. The highest BCUT2D eigenvalue weighted by Gasteiger charge is 2.18. The van der Waals surface area contributed by atoms with Gasteiger partial charge in [0.15, 0.2) is 0 Å². The minimum Gasteiger partial charge on any atom is -0.277 e. The minimum atomic E-state index is -0.122. The maximum absolute atomic E-state index is 12.2. The largest absolute Gasteiger partial charge is 0.277 e. The lowest BCUT2D eigenvalue weighted by molar-refractivity contribution is -0.113. The number of benzene rings is 2. The van der Waals surface area contributed by atoms with E-state index < -0.39 is 0 Å². The van der Waals surface area contributed by atoms with E-state index in [0.29, 0.717) is 0 Å². The summed E-state index contributed by atoms with van der Waals surface area (Å²) >= 11 is 0. The number of nitrogens with zero attached hydrogens (tertiary/aromatic N) is 1. The van der Waals surface area contributed by atoms with Crippen molar-refractivity contribution in [3.63, 3.8) is 0 Å². The molecule has 0 saturated heterocycles. The van der Waals surface area contributed by atoms with Gasteiger partial charge in [0.05, 0.1) is 11.4 Å². The number of hydrogen-bond donors (Lipinski definition) is 0. The second-order valence-corrected chi connectivity index (χ2v) is 4.45. The molecule has 1 amide bonds. The standard InChI is InChI=1S/C17H17NO/c1-4-17(19)18(15-11-7-5-9-13(15)2)16-12-8-6-10-14(16)3/h4-12H,1H2,2-3H3. The number of rotatable bonds is 3. The molecule has 0 fully saturated rings. The van der Waals surface area contributed by atoms with Gasteiger partial charge in [-0.1, -0.05) is 43.0 Å². The van der Waals surface area contributed by atoms with Crippen molar-refractivity contribution in [3.8, 4) is 0 Å². The van der Waals surface area contributed by atoms with Crippen molar-refractivity contribution < 1.29 is 4.79 Å². The van der Waals surface area contributed by atoms with Gasteiger partial charge in [0, 0.05) is 0 Å². The molecule has 0 heterocycles. The van der Waals surface area contributed by atoms with Gasteiger partial charge in [0.2, 0.25) is 0 Å². The summed E-state index contributed by atoms with van der Waals surface area (Å²) in [6, 6.07) is 15.7. The molecule has 2 aromatic carbocycles. The van der Waals surface area contributed by atoms with Crippen molar-refractivity contribution in [2.75, 3.05) is 4.90 Å². The summed E-state index contributed by atoms with van der Waals surface area (Å²) in [5, 5.41) is 0. The molecule has 2 aromatic rings. The average Bonchev–Trinajstić information content (AvgIpc) is 2.43. The summed E-state index contributed by atoms with van der Waals surface area (Å²) in [4.78, 5) is 13.9. The first-order valence-corrected chi connectivity index (χ1v) is 6.23. The Bertz CT molecular complexity index is 571. The molecule has 0 aliphatic heterocycles. The van der Waals surface area contributed by atoms with Crippen LogP contribution in [0.4, 0.5) is 11.4 Å². The van der Waals surface area contributed by atoms with E-state index in [0.717, 1.165) is 22.5 Å². The SMILES string of the molecule is C=CC(=O)N(c1ccccc1C)c1ccccc1C. The fourth-order valence-corrected chi connectivity index (χ4v) is 2.09. The van der Waals surface area contributed by atoms with Crippen molar-refractivity contribution in [1.82, 2.24) is 0 Å². The molecule has 0 radical (unpaired) electrons. The highest BCUT2D eigenvalue weighted by Crippen LogP contribution is 2.30. The highest BCUT2D eigenvalue weighted by molar-refractivity contribution is 6.07. The van der Waals surface area contributed by atoms with Gasteiger partial charge in [-0.2, -0.15) is 0 Å². The topological polar surface area (TPSA) is 20.3 Å². The van der Waals surface area contributed by atoms with Gasteiger partial charge in [-0.3, -0.25) is 9.69 Å². The van der Waals surface area contributed by atoms with Crippen molar-refractivity contribution in [2.24, 2.45) is 0 Å². The first-order valence-electron chi connectivity index (χ1n) is 6.23. The Morgan fingerprint density at radius 3 is 1.74 bits per heavy atom. The summed E-state index contributed by atoms with van der Waals surface area (Å²) < 4.78 is 0. The lowest BCUT2D eigenvalue weighted by Crippen LogP contribution is -2.25. The number of para-hydroxylation sites is 2. The highest BCUT2D eigenvalue weighted by atomic mass is 16.2. The number of amides is 1. The molecule has 2 rings (SSSR count). The van der Waals surface area contributed by atoms with E-state index in [1.165, 1.54) is 6.08 Å². The molecule has 0 saturated carbocycles. The molecule has 2 heteroatoms. The number of anilines is 2. The van der Waals surface area contributed by atoms with E-state index in [2.05, 4.69) is 6.58 Å². The van der Waals surface area contributed by atoms with Crippen molar-refractivity contribution >= 4 is 17.3 Å². The van der Waals surface area contributed by atoms with E-state index in [-0.39, 0.29) is 5.91 Å². The summed E-state index contributed by atoms with van der Waals surface area (Å²) in [6.07, 6.45) is 1.35. The van der Waals surface area contributed by atoms with Crippen LogP contribution in [0.3, 0.4) is 0 Å². The second-order valence-electron chi connectivity index (χ2n) is 4.45. The lowest BCUT2D eigenvalue weighted by atomic mass is 10.1. The Labute approximate surface area is 114 Å². The summed E-state index contributed by atoms with van der Waals surface area (Å²) in [7, 11) is 0. The van der Waals surface area contributed by atoms with Crippen LogP contribution in [0, 0.1) is 13.8 Å². The lowest BCUT2D eigenvalue weighted by Gasteiger charge is -2.24. The van der Waals surface area contributed by atoms with Gasteiger partial charge in [-0.15, -0.1) is 0 Å². The number of hydrogen-bond acceptors (Lipinski definition) is 1. The van der Waals surface area contributed by atoms with E-state index >= 15 is 0 Å². The molecular formula is C17H17NO. The molecule has 96 valence electrons. The van der Waals surface area contributed by atoms with E-state index in [4.69, 9.17) is 0 Å². The molecule has 0 aliphatic rings. The van der Waals surface area contributed by atoms with E-state index in [1.54, 1.807) is 4.90 Å². The number of aryl methyl sites for hydroxylation is 2. The van der Waals surface area contributed by atoms with Crippen LogP contribution in [0.1, 0.15) is 11.1 Å². The molecule has 2 nitrogen and oxygen atoms in total. The normalized spacial score (nSPS) is 10.0. The molecule has 0 atom stereocenters. The molecule has 0 N–H and O–H groups in total. The van der Waals surface area contributed by atoms with Gasteiger partial charge in [-0.05, 0) is 43.2 Å². The first-order chi connectivity index (χ1) is 9.15. The predicted molar refractivity (Wildman–Crippen MR) is 79.7 cm³/mol. The monoisotopic (exact) mass is 251 g/mol. The molecular weight excluding hydrogens is 234 g/mol.